The molecule has 0 radical (unpaired) electrons. The summed E-state index contributed by atoms with van der Waals surface area (Å²) in [5, 5.41) is 0. The van der Waals surface area contributed by atoms with Gasteiger partial charge in [0.05, 0.1) is 0 Å². The number of nitrogens with two attached hydrogens (primary N) is 1. The quantitative estimate of drug-likeness (QED) is 0.921. The van der Waals surface area contributed by atoms with E-state index in [0.29, 0.717) is 6.04 Å². The molecule has 0 aromatic heterocycles. The van der Waals surface area contributed by atoms with E-state index in [0.717, 1.165) is 25.9 Å². The van der Waals surface area contributed by atoms with Crippen molar-refractivity contribution in [1.82, 2.24) is 0 Å². The Kier molecular flexibility index (Phi) is 3.75. The third-order valence-corrected chi connectivity index (χ3v) is 4.16. The molecule has 0 spiro atoms. The van der Waals surface area contributed by atoms with E-state index < -0.39 is 0 Å². The van der Waals surface area contributed by atoms with E-state index in [-0.39, 0.29) is 0 Å². The van der Waals surface area contributed by atoms with Crippen molar-refractivity contribution in [3.05, 3.63) is 65.2 Å². The number of hydrogen-bond acceptors (Lipinski definition) is 2. The Balaban J connectivity index is 1.77. The lowest BCUT2D eigenvalue weighted by Gasteiger charge is -2.25. The number of para-hydroxylation sites is 1. The first kappa shape index (κ1) is 13.2. The Bertz CT molecular complexity index is 574. The fraction of sp³-hybridized carbons (Fsp3) is 0.333. The van der Waals surface area contributed by atoms with Gasteiger partial charge in [-0.05, 0) is 49.1 Å². The monoisotopic (exact) mass is 266 g/mol. The molecule has 1 aliphatic heterocycles. The minimum absolute atomic E-state index is 0.580. The van der Waals surface area contributed by atoms with Gasteiger partial charge in [-0.25, -0.2) is 0 Å². The second-order valence-corrected chi connectivity index (χ2v) is 5.66. The van der Waals surface area contributed by atoms with Crippen LogP contribution < -0.4 is 10.6 Å². The van der Waals surface area contributed by atoms with E-state index in [4.69, 9.17) is 5.73 Å². The van der Waals surface area contributed by atoms with Gasteiger partial charge < -0.3 is 10.6 Å². The van der Waals surface area contributed by atoms with Gasteiger partial charge in [0.1, 0.15) is 0 Å². The predicted octanol–water partition coefficient (Wildman–Crippen LogP) is 3.14. The molecule has 2 heteroatoms. The molecule has 2 aromatic carbocycles. The molecule has 0 amide bonds. The number of rotatable bonds is 4. The van der Waals surface area contributed by atoms with Gasteiger partial charge in [0.25, 0.3) is 0 Å². The van der Waals surface area contributed by atoms with Crippen LogP contribution in [0.1, 0.15) is 23.6 Å². The number of fused-ring (bicyclic) bond motifs is 1. The zero-order valence-electron chi connectivity index (χ0n) is 12.0. The van der Waals surface area contributed by atoms with Crippen molar-refractivity contribution in [2.75, 3.05) is 11.4 Å². The van der Waals surface area contributed by atoms with Crippen LogP contribution in [0.4, 0.5) is 5.69 Å². The number of benzene rings is 2. The van der Waals surface area contributed by atoms with Crippen LogP contribution >= 0.6 is 0 Å². The summed E-state index contributed by atoms with van der Waals surface area (Å²) in [6.07, 6.45) is 2.12. The van der Waals surface area contributed by atoms with Crippen molar-refractivity contribution in [1.29, 1.82) is 0 Å². The van der Waals surface area contributed by atoms with Crippen LogP contribution in [0.3, 0.4) is 0 Å². The van der Waals surface area contributed by atoms with E-state index >= 15 is 0 Å². The van der Waals surface area contributed by atoms with Crippen LogP contribution in [0, 0.1) is 0 Å². The van der Waals surface area contributed by atoms with Crippen molar-refractivity contribution in [2.24, 2.45) is 5.73 Å². The summed E-state index contributed by atoms with van der Waals surface area (Å²) < 4.78 is 0. The third-order valence-electron chi connectivity index (χ3n) is 4.16. The zero-order chi connectivity index (χ0) is 13.9. The van der Waals surface area contributed by atoms with Gasteiger partial charge in [-0.1, -0.05) is 42.5 Å². The first-order valence-electron chi connectivity index (χ1n) is 7.40. The van der Waals surface area contributed by atoms with Crippen molar-refractivity contribution in [3.63, 3.8) is 0 Å². The molecule has 1 heterocycles. The van der Waals surface area contributed by atoms with E-state index in [9.17, 15) is 0 Å². The van der Waals surface area contributed by atoms with Gasteiger partial charge in [-0.3, -0.25) is 0 Å². The van der Waals surface area contributed by atoms with Crippen LogP contribution in [-0.2, 0) is 19.4 Å². The topological polar surface area (TPSA) is 29.3 Å². The molecule has 2 nitrogen and oxygen atoms in total. The highest BCUT2D eigenvalue weighted by Gasteiger charge is 2.25. The molecule has 0 fully saturated rings. The largest absolute Gasteiger partial charge is 0.364 e. The highest BCUT2D eigenvalue weighted by Crippen LogP contribution is 2.32. The molecule has 2 aromatic rings. The lowest BCUT2D eigenvalue weighted by atomic mass is 10.1. The Hall–Kier alpha value is -1.80. The summed E-state index contributed by atoms with van der Waals surface area (Å²) in [6, 6.07) is 18.2. The molecule has 1 aliphatic rings. The Morgan fingerprint density at radius 1 is 1.05 bits per heavy atom. The fourth-order valence-electron chi connectivity index (χ4n) is 3.05. The lowest BCUT2D eigenvalue weighted by Crippen LogP contribution is -2.28. The standard InChI is InChI=1S/C18H22N2/c1-14-12-17-4-2-3-5-18(17)20(14)13-16-8-6-15(7-9-16)10-11-19/h2-9,14H,10-13,19H2,1H3. The van der Waals surface area contributed by atoms with Crippen LogP contribution in [0.15, 0.2) is 48.5 Å². The van der Waals surface area contributed by atoms with E-state index in [1.807, 2.05) is 0 Å². The maximum absolute atomic E-state index is 5.59. The average molecular weight is 266 g/mol. The number of hydrogen-bond donors (Lipinski definition) is 1. The van der Waals surface area contributed by atoms with Gasteiger partial charge in [0.2, 0.25) is 0 Å². The summed E-state index contributed by atoms with van der Waals surface area (Å²) in [5.41, 5.74) is 11.2. The summed E-state index contributed by atoms with van der Waals surface area (Å²) in [4.78, 5) is 2.51. The normalized spacial score (nSPS) is 17.3. The van der Waals surface area contributed by atoms with Crippen molar-refractivity contribution in [3.8, 4) is 0 Å². The maximum atomic E-state index is 5.59. The SMILES string of the molecule is CC1Cc2ccccc2N1Cc1ccc(CCN)cc1. The third kappa shape index (κ3) is 2.56. The molecule has 2 N–H and O–H groups in total. The smallest absolute Gasteiger partial charge is 0.0432 e. The molecule has 1 unspecified atom stereocenters. The van der Waals surface area contributed by atoms with Gasteiger partial charge in [0.15, 0.2) is 0 Å². The van der Waals surface area contributed by atoms with Gasteiger partial charge >= 0.3 is 0 Å². The van der Waals surface area contributed by atoms with E-state index in [1.165, 1.54) is 22.4 Å². The van der Waals surface area contributed by atoms with Crippen molar-refractivity contribution < 1.29 is 0 Å². The molecule has 1 atom stereocenters. The van der Waals surface area contributed by atoms with Gasteiger partial charge in [0, 0.05) is 18.3 Å². The van der Waals surface area contributed by atoms with Crippen molar-refractivity contribution in [2.45, 2.75) is 32.4 Å². The van der Waals surface area contributed by atoms with Gasteiger partial charge in [-0.2, -0.15) is 0 Å². The maximum Gasteiger partial charge on any atom is 0.0432 e. The molecule has 0 saturated heterocycles. The average Bonchev–Trinajstić information content (AvgIpc) is 2.78. The minimum Gasteiger partial charge on any atom is -0.364 e. The molecule has 0 aliphatic carbocycles. The first-order valence-corrected chi connectivity index (χ1v) is 7.40. The highest BCUT2D eigenvalue weighted by molar-refractivity contribution is 5.59. The van der Waals surface area contributed by atoms with Crippen LogP contribution in [0.25, 0.3) is 0 Å². The summed E-state index contributed by atoms with van der Waals surface area (Å²) in [5.74, 6) is 0. The zero-order valence-corrected chi connectivity index (χ0v) is 12.0. The summed E-state index contributed by atoms with van der Waals surface area (Å²) in [7, 11) is 0. The second-order valence-electron chi connectivity index (χ2n) is 5.66. The molecule has 20 heavy (non-hydrogen) atoms. The molecule has 104 valence electrons. The Morgan fingerprint density at radius 2 is 1.75 bits per heavy atom. The van der Waals surface area contributed by atoms with E-state index in [2.05, 4.69) is 60.4 Å². The van der Waals surface area contributed by atoms with Gasteiger partial charge in [-0.15, -0.1) is 0 Å². The lowest BCUT2D eigenvalue weighted by molar-refractivity contribution is 0.672. The first-order chi connectivity index (χ1) is 9.78. The second kappa shape index (κ2) is 5.68. The molecule has 0 saturated carbocycles. The molecular weight excluding hydrogens is 244 g/mol. The van der Waals surface area contributed by atoms with Crippen molar-refractivity contribution >= 4 is 5.69 Å². The van der Waals surface area contributed by atoms with Crippen LogP contribution in [0.2, 0.25) is 0 Å². The summed E-state index contributed by atoms with van der Waals surface area (Å²) >= 11 is 0. The molecular formula is C18H22N2. The van der Waals surface area contributed by atoms with Crippen LogP contribution in [-0.4, -0.2) is 12.6 Å². The Labute approximate surface area is 121 Å². The van der Waals surface area contributed by atoms with E-state index in [1.54, 1.807) is 0 Å². The summed E-state index contributed by atoms with van der Waals surface area (Å²) in [6.45, 7) is 4.01. The molecule has 0 bridgehead atoms. The molecule has 3 rings (SSSR count). The minimum atomic E-state index is 0.580. The number of anilines is 1. The van der Waals surface area contributed by atoms with Crippen LogP contribution in [0.5, 0.6) is 0 Å². The highest BCUT2D eigenvalue weighted by atomic mass is 15.2. The predicted molar refractivity (Wildman–Crippen MR) is 85.0 cm³/mol. The number of nitrogens with zero attached hydrogens (tertiary/aromatic N) is 1. The fourth-order valence-corrected chi connectivity index (χ4v) is 3.05. The Morgan fingerprint density at radius 3 is 2.50 bits per heavy atom.